The third-order valence-corrected chi connectivity index (χ3v) is 5.13. The highest BCUT2D eigenvalue weighted by molar-refractivity contribution is 5.93. The van der Waals surface area contributed by atoms with Crippen LogP contribution in [0.5, 0.6) is 0 Å². The quantitative estimate of drug-likeness (QED) is 0.906. The zero-order valence-electron chi connectivity index (χ0n) is 13.0. The summed E-state index contributed by atoms with van der Waals surface area (Å²) < 4.78 is 2.00. The number of fused-ring (bicyclic) bond motifs is 1. The van der Waals surface area contributed by atoms with Crippen molar-refractivity contribution in [2.45, 2.75) is 12.5 Å². The number of rotatable bonds is 2. The predicted molar refractivity (Wildman–Crippen MR) is 83.4 cm³/mol. The number of nitrogens with zero attached hydrogens (tertiary/aromatic N) is 4. The fourth-order valence-corrected chi connectivity index (χ4v) is 3.80. The van der Waals surface area contributed by atoms with Gasteiger partial charge >= 0.3 is 0 Å². The maximum Gasteiger partial charge on any atom is 0.271 e. The van der Waals surface area contributed by atoms with Gasteiger partial charge in [-0.2, -0.15) is 5.10 Å². The van der Waals surface area contributed by atoms with Gasteiger partial charge in [-0.15, -0.1) is 0 Å². The molecule has 1 amide bonds. The SMILES string of the molecule is CN1CC[C@H]2CN(C(=O)c3cc(-c4cccn4C)n[nH]3)C[C@H]21. The molecule has 2 aliphatic rings. The molecule has 0 unspecified atom stereocenters. The fourth-order valence-electron chi connectivity index (χ4n) is 3.80. The first kappa shape index (κ1) is 13.6. The van der Waals surface area contributed by atoms with Gasteiger partial charge in [0.2, 0.25) is 0 Å². The summed E-state index contributed by atoms with van der Waals surface area (Å²) in [4.78, 5) is 17.0. The van der Waals surface area contributed by atoms with Gasteiger partial charge in [0.05, 0.1) is 5.69 Å². The van der Waals surface area contributed by atoms with Gasteiger partial charge in [0, 0.05) is 32.4 Å². The fraction of sp³-hybridized carbons (Fsp3) is 0.500. The van der Waals surface area contributed by atoms with Gasteiger partial charge in [-0.1, -0.05) is 0 Å². The monoisotopic (exact) mass is 299 g/mol. The number of hydrogen-bond donors (Lipinski definition) is 1. The first-order chi connectivity index (χ1) is 10.6. The molecule has 2 aromatic heterocycles. The lowest BCUT2D eigenvalue weighted by molar-refractivity contribution is 0.0769. The van der Waals surface area contributed by atoms with Crippen LogP contribution in [-0.4, -0.2) is 63.2 Å². The van der Waals surface area contributed by atoms with E-state index < -0.39 is 0 Å². The van der Waals surface area contributed by atoms with E-state index in [4.69, 9.17) is 0 Å². The number of nitrogens with one attached hydrogen (secondary N) is 1. The molecule has 0 bridgehead atoms. The van der Waals surface area contributed by atoms with E-state index in [1.807, 2.05) is 40.9 Å². The molecule has 2 atom stereocenters. The van der Waals surface area contributed by atoms with Crippen LogP contribution in [0.2, 0.25) is 0 Å². The summed E-state index contributed by atoms with van der Waals surface area (Å²) in [6, 6.07) is 6.36. The molecule has 0 aliphatic carbocycles. The van der Waals surface area contributed by atoms with Crippen molar-refractivity contribution in [3.63, 3.8) is 0 Å². The minimum Gasteiger partial charge on any atom is -0.349 e. The second-order valence-corrected chi connectivity index (χ2v) is 6.48. The lowest BCUT2D eigenvalue weighted by Crippen LogP contribution is -2.35. The molecule has 0 aromatic carbocycles. The van der Waals surface area contributed by atoms with Crippen LogP contribution in [0.15, 0.2) is 24.4 Å². The van der Waals surface area contributed by atoms with Crippen LogP contribution in [-0.2, 0) is 7.05 Å². The normalized spacial score (nSPS) is 24.9. The van der Waals surface area contributed by atoms with Gasteiger partial charge in [-0.25, -0.2) is 0 Å². The number of hydrogen-bond acceptors (Lipinski definition) is 3. The van der Waals surface area contributed by atoms with Gasteiger partial charge in [0.1, 0.15) is 11.4 Å². The highest BCUT2D eigenvalue weighted by atomic mass is 16.2. The van der Waals surface area contributed by atoms with Crippen LogP contribution >= 0.6 is 0 Å². The summed E-state index contributed by atoms with van der Waals surface area (Å²) in [6.07, 6.45) is 3.17. The van der Waals surface area contributed by atoms with Crippen LogP contribution in [0.1, 0.15) is 16.9 Å². The molecule has 0 radical (unpaired) electrons. The molecule has 1 N–H and O–H groups in total. The number of carbonyl (C=O) groups excluding carboxylic acids is 1. The second-order valence-electron chi connectivity index (χ2n) is 6.48. The average Bonchev–Trinajstić information content (AvgIpc) is 3.24. The van der Waals surface area contributed by atoms with E-state index in [1.165, 1.54) is 6.42 Å². The predicted octanol–water partition coefficient (Wildman–Crippen LogP) is 1.19. The number of carbonyl (C=O) groups is 1. The first-order valence-electron chi connectivity index (χ1n) is 7.80. The van der Waals surface area contributed by atoms with Crippen LogP contribution in [0.25, 0.3) is 11.4 Å². The van der Waals surface area contributed by atoms with Crippen LogP contribution < -0.4 is 0 Å². The molecule has 116 valence electrons. The standard InChI is InChI=1S/C16H21N5O/c1-19-6-3-4-14(19)12-8-13(18-17-12)16(22)21-9-11-5-7-20(2)15(11)10-21/h3-4,6,8,11,15H,5,7,9-10H2,1-2H3,(H,17,18)/t11-,15+/m0/s1. The Morgan fingerprint density at radius 1 is 1.36 bits per heavy atom. The Labute approximate surface area is 129 Å². The molecule has 4 rings (SSSR count). The number of aromatic nitrogens is 3. The van der Waals surface area contributed by atoms with Gasteiger partial charge in [-0.3, -0.25) is 9.89 Å². The highest BCUT2D eigenvalue weighted by Gasteiger charge is 2.41. The van der Waals surface area contributed by atoms with E-state index in [0.29, 0.717) is 17.7 Å². The molecule has 2 saturated heterocycles. The molecule has 2 aromatic rings. The van der Waals surface area contributed by atoms with Crippen molar-refractivity contribution in [2.24, 2.45) is 13.0 Å². The molecule has 2 fully saturated rings. The highest BCUT2D eigenvalue weighted by Crippen LogP contribution is 2.31. The van der Waals surface area contributed by atoms with E-state index in [2.05, 4.69) is 22.1 Å². The summed E-state index contributed by atoms with van der Waals surface area (Å²) in [7, 11) is 4.13. The second kappa shape index (κ2) is 4.98. The Bertz CT molecular complexity index is 703. The molecule has 6 heteroatoms. The van der Waals surface area contributed by atoms with Crippen LogP contribution in [0, 0.1) is 5.92 Å². The van der Waals surface area contributed by atoms with Gasteiger partial charge in [-0.05, 0) is 44.1 Å². The lowest BCUT2D eigenvalue weighted by Gasteiger charge is -2.20. The summed E-state index contributed by atoms with van der Waals surface area (Å²) in [5, 5.41) is 7.20. The number of aromatic amines is 1. The van der Waals surface area contributed by atoms with Crippen LogP contribution in [0.3, 0.4) is 0 Å². The Kier molecular flexibility index (Phi) is 3.07. The van der Waals surface area contributed by atoms with Crippen molar-refractivity contribution < 1.29 is 4.79 Å². The Balaban J connectivity index is 1.52. The maximum absolute atomic E-state index is 12.7. The summed E-state index contributed by atoms with van der Waals surface area (Å²) in [5.41, 5.74) is 2.40. The van der Waals surface area contributed by atoms with Gasteiger partial charge in [0.15, 0.2) is 0 Å². The molecular formula is C16H21N5O. The zero-order chi connectivity index (χ0) is 15.3. The van der Waals surface area contributed by atoms with Crippen molar-refractivity contribution >= 4 is 5.91 Å². The molecule has 0 spiro atoms. The Morgan fingerprint density at radius 3 is 2.95 bits per heavy atom. The summed E-state index contributed by atoms with van der Waals surface area (Å²) >= 11 is 0. The van der Waals surface area contributed by atoms with Crippen molar-refractivity contribution in [1.82, 2.24) is 24.6 Å². The summed E-state index contributed by atoms with van der Waals surface area (Å²) in [5.74, 6) is 0.694. The molecule has 6 nitrogen and oxygen atoms in total. The van der Waals surface area contributed by atoms with Crippen molar-refractivity contribution in [3.8, 4) is 11.4 Å². The molecule has 0 saturated carbocycles. The van der Waals surface area contributed by atoms with E-state index in [1.54, 1.807) is 0 Å². The van der Waals surface area contributed by atoms with Crippen molar-refractivity contribution in [1.29, 1.82) is 0 Å². The minimum atomic E-state index is 0.0655. The van der Waals surface area contributed by atoms with E-state index in [0.717, 1.165) is 31.0 Å². The topological polar surface area (TPSA) is 57.2 Å². The molecular weight excluding hydrogens is 278 g/mol. The largest absolute Gasteiger partial charge is 0.349 e. The summed E-state index contributed by atoms with van der Waals surface area (Å²) in [6.45, 7) is 2.85. The molecule has 22 heavy (non-hydrogen) atoms. The van der Waals surface area contributed by atoms with Crippen molar-refractivity contribution in [2.75, 3.05) is 26.7 Å². The van der Waals surface area contributed by atoms with E-state index >= 15 is 0 Å². The minimum absolute atomic E-state index is 0.0655. The smallest absolute Gasteiger partial charge is 0.271 e. The number of aryl methyl sites for hydroxylation is 1. The number of likely N-dealkylation sites (N-methyl/N-ethyl adjacent to an activating group) is 1. The molecule has 4 heterocycles. The average molecular weight is 299 g/mol. The van der Waals surface area contributed by atoms with E-state index in [-0.39, 0.29) is 5.91 Å². The zero-order valence-corrected chi connectivity index (χ0v) is 13.0. The number of amides is 1. The molecule has 2 aliphatic heterocycles. The van der Waals surface area contributed by atoms with E-state index in [9.17, 15) is 4.79 Å². The number of H-pyrrole nitrogens is 1. The van der Waals surface area contributed by atoms with Crippen LogP contribution in [0.4, 0.5) is 0 Å². The van der Waals surface area contributed by atoms with Gasteiger partial charge in [0.25, 0.3) is 5.91 Å². The Morgan fingerprint density at radius 2 is 2.23 bits per heavy atom. The first-order valence-corrected chi connectivity index (χ1v) is 7.80. The lowest BCUT2D eigenvalue weighted by atomic mass is 10.1. The Hall–Kier alpha value is -2.08. The van der Waals surface area contributed by atoms with Gasteiger partial charge < -0.3 is 14.4 Å². The third kappa shape index (κ3) is 2.06. The number of likely N-dealkylation sites (tertiary alicyclic amines) is 2. The maximum atomic E-state index is 12.7. The third-order valence-electron chi connectivity index (χ3n) is 5.13. The van der Waals surface area contributed by atoms with Crippen molar-refractivity contribution in [3.05, 3.63) is 30.1 Å².